The van der Waals surface area contributed by atoms with Crippen molar-refractivity contribution in [3.63, 3.8) is 0 Å². The number of hydrogen-bond donors (Lipinski definition) is 0. The van der Waals surface area contributed by atoms with E-state index in [1.165, 1.54) is 18.4 Å². The maximum absolute atomic E-state index is 12.9. The van der Waals surface area contributed by atoms with Crippen LogP contribution < -0.4 is 4.74 Å². The maximum atomic E-state index is 12.9. The SMILES string of the molecule is N#Cc1ccc(OCc2coc(-c3ccc(F)cc3)n2)cc1. The topological polar surface area (TPSA) is 59.0 Å². The smallest absolute Gasteiger partial charge is 0.226 e. The number of halogens is 1. The van der Waals surface area contributed by atoms with Gasteiger partial charge in [-0.25, -0.2) is 9.37 Å². The van der Waals surface area contributed by atoms with Crippen molar-refractivity contribution in [2.75, 3.05) is 0 Å². The molecule has 0 fully saturated rings. The number of nitrogens with zero attached hydrogens (tertiary/aromatic N) is 2. The van der Waals surface area contributed by atoms with Crippen LogP contribution in [-0.2, 0) is 6.61 Å². The van der Waals surface area contributed by atoms with E-state index in [0.717, 1.165) is 0 Å². The Kier molecular flexibility index (Phi) is 3.84. The fourth-order valence-electron chi connectivity index (χ4n) is 1.88. The molecule has 0 aliphatic carbocycles. The second-order valence-corrected chi connectivity index (χ2v) is 4.58. The van der Waals surface area contributed by atoms with E-state index in [4.69, 9.17) is 14.4 Å². The summed E-state index contributed by atoms with van der Waals surface area (Å²) in [4.78, 5) is 4.29. The normalized spacial score (nSPS) is 10.2. The van der Waals surface area contributed by atoms with Crippen LogP contribution in [0.15, 0.2) is 59.2 Å². The molecule has 0 atom stereocenters. The van der Waals surface area contributed by atoms with Crippen LogP contribution in [0.3, 0.4) is 0 Å². The first-order valence-electron chi connectivity index (χ1n) is 6.58. The first kappa shape index (κ1) is 13.8. The van der Waals surface area contributed by atoms with Crippen LogP contribution in [0.4, 0.5) is 4.39 Å². The second kappa shape index (κ2) is 6.10. The lowest BCUT2D eigenvalue weighted by Gasteiger charge is -2.03. The molecule has 1 aromatic heterocycles. The van der Waals surface area contributed by atoms with Crippen LogP contribution >= 0.6 is 0 Å². The molecule has 0 aliphatic heterocycles. The number of ether oxygens (including phenoxy) is 1. The maximum Gasteiger partial charge on any atom is 0.226 e. The van der Waals surface area contributed by atoms with Gasteiger partial charge in [0, 0.05) is 5.56 Å². The number of oxazole rings is 1. The molecule has 0 N–H and O–H groups in total. The third kappa shape index (κ3) is 3.13. The highest BCUT2D eigenvalue weighted by molar-refractivity contribution is 5.52. The van der Waals surface area contributed by atoms with Crippen molar-refractivity contribution >= 4 is 0 Å². The Morgan fingerprint density at radius 2 is 1.82 bits per heavy atom. The van der Waals surface area contributed by atoms with Crippen molar-refractivity contribution in [1.29, 1.82) is 5.26 Å². The number of benzene rings is 2. The zero-order valence-corrected chi connectivity index (χ0v) is 11.5. The highest BCUT2D eigenvalue weighted by Crippen LogP contribution is 2.20. The van der Waals surface area contributed by atoms with E-state index >= 15 is 0 Å². The predicted molar refractivity (Wildman–Crippen MR) is 77.4 cm³/mol. The molecule has 0 saturated carbocycles. The average Bonchev–Trinajstić information content (AvgIpc) is 3.03. The summed E-state index contributed by atoms with van der Waals surface area (Å²) in [6.45, 7) is 0.247. The third-order valence-electron chi connectivity index (χ3n) is 3.01. The largest absolute Gasteiger partial charge is 0.487 e. The Labute approximate surface area is 126 Å². The summed E-state index contributed by atoms with van der Waals surface area (Å²) in [5.41, 5.74) is 1.90. The van der Waals surface area contributed by atoms with Crippen molar-refractivity contribution in [3.8, 4) is 23.3 Å². The van der Waals surface area contributed by atoms with Gasteiger partial charge in [-0.05, 0) is 48.5 Å². The van der Waals surface area contributed by atoms with Gasteiger partial charge in [0.15, 0.2) is 0 Å². The summed E-state index contributed by atoms with van der Waals surface area (Å²) in [7, 11) is 0. The van der Waals surface area contributed by atoms with Crippen LogP contribution in [0.25, 0.3) is 11.5 Å². The molecule has 5 heteroatoms. The Balaban J connectivity index is 1.66. The van der Waals surface area contributed by atoms with Crippen molar-refractivity contribution in [1.82, 2.24) is 4.98 Å². The Hall–Kier alpha value is -3.13. The molecule has 3 rings (SSSR count). The molecule has 3 aromatic rings. The van der Waals surface area contributed by atoms with Gasteiger partial charge in [-0.15, -0.1) is 0 Å². The number of nitriles is 1. The summed E-state index contributed by atoms with van der Waals surface area (Å²) in [6.07, 6.45) is 1.50. The molecule has 1 heterocycles. The molecule has 22 heavy (non-hydrogen) atoms. The summed E-state index contributed by atoms with van der Waals surface area (Å²) in [5.74, 6) is 0.753. The van der Waals surface area contributed by atoms with Gasteiger partial charge in [-0.2, -0.15) is 5.26 Å². The average molecular weight is 294 g/mol. The number of aromatic nitrogens is 1. The fourth-order valence-corrected chi connectivity index (χ4v) is 1.88. The van der Waals surface area contributed by atoms with Gasteiger partial charge in [0.2, 0.25) is 5.89 Å². The first-order valence-corrected chi connectivity index (χ1v) is 6.58. The molecular formula is C17H11FN2O2. The quantitative estimate of drug-likeness (QED) is 0.731. The minimum atomic E-state index is -0.306. The monoisotopic (exact) mass is 294 g/mol. The highest BCUT2D eigenvalue weighted by atomic mass is 19.1. The molecule has 0 amide bonds. The van der Waals surface area contributed by atoms with Crippen LogP contribution in [0, 0.1) is 17.1 Å². The Bertz CT molecular complexity index is 802. The zero-order valence-electron chi connectivity index (χ0n) is 11.5. The summed E-state index contributed by atoms with van der Waals surface area (Å²) in [5, 5.41) is 8.73. The van der Waals surface area contributed by atoms with Gasteiger partial charge in [-0.3, -0.25) is 0 Å². The molecule has 2 aromatic carbocycles. The van der Waals surface area contributed by atoms with Gasteiger partial charge < -0.3 is 9.15 Å². The van der Waals surface area contributed by atoms with Crippen LogP contribution in [0.5, 0.6) is 5.75 Å². The third-order valence-corrected chi connectivity index (χ3v) is 3.01. The highest BCUT2D eigenvalue weighted by Gasteiger charge is 2.07. The van der Waals surface area contributed by atoms with Gasteiger partial charge in [0.05, 0.1) is 11.6 Å². The van der Waals surface area contributed by atoms with Crippen molar-refractivity contribution in [2.24, 2.45) is 0 Å². The van der Waals surface area contributed by atoms with E-state index < -0.39 is 0 Å². The van der Waals surface area contributed by atoms with Crippen LogP contribution in [0.2, 0.25) is 0 Å². The molecule has 0 aliphatic rings. The fraction of sp³-hybridized carbons (Fsp3) is 0.0588. The van der Waals surface area contributed by atoms with E-state index in [1.807, 2.05) is 6.07 Å². The second-order valence-electron chi connectivity index (χ2n) is 4.58. The lowest BCUT2D eigenvalue weighted by Crippen LogP contribution is -1.95. The van der Waals surface area contributed by atoms with Crippen molar-refractivity contribution in [2.45, 2.75) is 6.61 Å². The van der Waals surface area contributed by atoms with Crippen molar-refractivity contribution in [3.05, 3.63) is 71.9 Å². The van der Waals surface area contributed by atoms with E-state index in [2.05, 4.69) is 4.98 Å². The standard InChI is InChI=1S/C17H11FN2O2/c18-14-5-3-13(4-6-14)17-20-15(11-22-17)10-21-16-7-1-12(9-19)2-8-16/h1-8,11H,10H2. The molecule has 0 bridgehead atoms. The first-order chi connectivity index (χ1) is 10.7. The van der Waals surface area contributed by atoms with Crippen LogP contribution in [-0.4, -0.2) is 4.98 Å². The molecule has 0 unspecified atom stereocenters. The molecule has 0 saturated heterocycles. The molecule has 0 spiro atoms. The summed E-state index contributed by atoms with van der Waals surface area (Å²) >= 11 is 0. The lowest BCUT2D eigenvalue weighted by atomic mass is 10.2. The van der Waals surface area contributed by atoms with Gasteiger partial charge >= 0.3 is 0 Å². The van der Waals surface area contributed by atoms with Gasteiger partial charge in [0.25, 0.3) is 0 Å². The molecule has 108 valence electrons. The minimum Gasteiger partial charge on any atom is -0.487 e. The van der Waals surface area contributed by atoms with E-state index in [1.54, 1.807) is 36.4 Å². The predicted octanol–water partition coefficient (Wildman–Crippen LogP) is 3.93. The number of rotatable bonds is 4. The zero-order chi connectivity index (χ0) is 15.4. The molecule has 0 radical (unpaired) electrons. The Morgan fingerprint density at radius 1 is 1.09 bits per heavy atom. The summed E-state index contributed by atoms with van der Waals surface area (Å²) in [6, 6.07) is 14.8. The number of hydrogen-bond acceptors (Lipinski definition) is 4. The molecular weight excluding hydrogens is 283 g/mol. The van der Waals surface area contributed by atoms with Crippen LogP contribution in [0.1, 0.15) is 11.3 Å². The minimum absolute atomic E-state index is 0.247. The van der Waals surface area contributed by atoms with E-state index in [-0.39, 0.29) is 12.4 Å². The molecule has 4 nitrogen and oxygen atoms in total. The van der Waals surface area contributed by atoms with E-state index in [9.17, 15) is 4.39 Å². The van der Waals surface area contributed by atoms with Crippen molar-refractivity contribution < 1.29 is 13.5 Å². The summed E-state index contributed by atoms with van der Waals surface area (Å²) < 4.78 is 23.8. The lowest BCUT2D eigenvalue weighted by molar-refractivity contribution is 0.301. The van der Waals surface area contributed by atoms with Gasteiger partial charge in [-0.1, -0.05) is 0 Å². The van der Waals surface area contributed by atoms with E-state index in [0.29, 0.717) is 28.5 Å². The Morgan fingerprint density at radius 3 is 2.50 bits per heavy atom. The van der Waals surface area contributed by atoms with Gasteiger partial charge in [0.1, 0.15) is 30.1 Å².